The molecule has 0 aliphatic heterocycles. The van der Waals surface area contributed by atoms with Gasteiger partial charge >= 0.3 is 0 Å². The van der Waals surface area contributed by atoms with Gasteiger partial charge in [0.15, 0.2) is 11.5 Å². The molecule has 0 saturated heterocycles. The van der Waals surface area contributed by atoms with E-state index in [9.17, 15) is 0 Å². The molecule has 0 fully saturated rings. The second kappa shape index (κ2) is 10.7. The minimum Gasteiger partial charge on any atom is -0.490 e. The van der Waals surface area contributed by atoms with Crippen LogP contribution in [0, 0.1) is 18.3 Å². The number of nitrogens with zero attached hydrogens (tertiary/aromatic N) is 2. The Labute approximate surface area is 177 Å². The van der Waals surface area contributed by atoms with Crippen LogP contribution < -0.4 is 9.47 Å². The van der Waals surface area contributed by atoms with E-state index in [-0.39, 0.29) is 6.61 Å². The highest BCUT2D eigenvalue weighted by atomic mass is 16.6. The van der Waals surface area contributed by atoms with Gasteiger partial charge in [-0.25, -0.2) is 0 Å². The summed E-state index contributed by atoms with van der Waals surface area (Å²) in [6.45, 7) is 5.22. The molecule has 3 aromatic carbocycles. The van der Waals surface area contributed by atoms with Crippen LogP contribution in [0.4, 0.5) is 0 Å². The standard InChI is InChI=1S/C25H24N2O3/c1-3-28-25-14-21(16-27-30-18-23-7-5-4-6-22(23)15-26)12-13-24(25)29-17-20-10-8-19(2)9-11-20/h4-14,16H,3,17-18H2,1-2H3/b27-16-. The zero-order valence-electron chi connectivity index (χ0n) is 17.2. The molecule has 3 rings (SSSR count). The molecule has 0 radical (unpaired) electrons. The Balaban J connectivity index is 1.62. The van der Waals surface area contributed by atoms with Gasteiger partial charge < -0.3 is 14.3 Å². The van der Waals surface area contributed by atoms with Crippen molar-refractivity contribution in [2.75, 3.05) is 6.61 Å². The van der Waals surface area contributed by atoms with Gasteiger partial charge in [-0.15, -0.1) is 0 Å². The van der Waals surface area contributed by atoms with Gasteiger partial charge in [-0.3, -0.25) is 0 Å². The lowest BCUT2D eigenvalue weighted by atomic mass is 10.1. The third kappa shape index (κ3) is 5.86. The third-order valence-electron chi connectivity index (χ3n) is 4.42. The van der Waals surface area contributed by atoms with Gasteiger partial charge in [0.1, 0.15) is 13.2 Å². The van der Waals surface area contributed by atoms with Crippen LogP contribution in [0.2, 0.25) is 0 Å². The summed E-state index contributed by atoms with van der Waals surface area (Å²) in [5.41, 5.74) is 4.53. The first kappa shape index (κ1) is 20.9. The van der Waals surface area contributed by atoms with Crippen LogP contribution in [0.3, 0.4) is 0 Å². The highest BCUT2D eigenvalue weighted by molar-refractivity contribution is 5.80. The molecule has 5 nitrogen and oxygen atoms in total. The zero-order valence-corrected chi connectivity index (χ0v) is 17.2. The van der Waals surface area contributed by atoms with Gasteiger partial charge in [-0.05, 0) is 43.7 Å². The lowest BCUT2D eigenvalue weighted by Crippen LogP contribution is -2.00. The predicted octanol–water partition coefficient (Wildman–Crippen LogP) is 5.40. The van der Waals surface area contributed by atoms with E-state index in [1.807, 2.05) is 43.3 Å². The van der Waals surface area contributed by atoms with E-state index in [0.717, 1.165) is 16.7 Å². The number of rotatable bonds is 9. The molecule has 30 heavy (non-hydrogen) atoms. The minimum absolute atomic E-state index is 0.232. The van der Waals surface area contributed by atoms with E-state index >= 15 is 0 Å². The molecule has 5 heteroatoms. The van der Waals surface area contributed by atoms with Crippen LogP contribution in [0.5, 0.6) is 11.5 Å². The Hall–Kier alpha value is -3.78. The fourth-order valence-electron chi connectivity index (χ4n) is 2.80. The topological polar surface area (TPSA) is 63.8 Å². The van der Waals surface area contributed by atoms with Crippen LogP contribution >= 0.6 is 0 Å². The van der Waals surface area contributed by atoms with Gasteiger partial charge in [0.2, 0.25) is 0 Å². The van der Waals surface area contributed by atoms with Crippen molar-refractivity contribution in [2.24, 2.45) is 5.16 Å². The number of hydrogen-bond donors (Lipinski definition) is 0. The fraction of sp³-hybridized carbons (Fsp3) is 0.200. The Morgan fingerprint density at radius 2 is 1.73 bits per heavy atom. The maximum atomic E-state index is 9.12. The quantitative estimate of drug-likeness (QED) is 0.357. The van der Waals surface area contributed by atoms with E-state index < -0.39 is 0 Å². The van der Waals surface area contributed by atoms with Crippen molar-refractivity contribution < 1.29 is 14.3 Å². The van der Waals surface area contributed by atoms with Crippen LogP contribution in [0.15, 0.2) is 71.9 Å². The molecular weight excluding hydrogens is 376 g/mol. The fourth-order valence-corrected chi connectivity index (χ4v) is 2.80. The second-order valence-corrected chi connectivity index (χ2v) is 6.69. The maximum Gasteiger partial charge on any atom is 0.161 e. The number of nitriles is 1. The van der Waals surface area contributed by atoms with Crippen molar-refractivity contribution in [1.82, 2.24) is 0 Å². The second-order valence-electron chi connectivity index (χ2n) is 6.69. The maximum absolute atomic E-state index is 9.12. The Morgan fingerprint density at radius 1 is 0.933 bits per heavy atom. The summed E-state index contributed by atoms with van der Waals surface area (Å²) in [4.78, 5) is 5.36. The highest BCUT2D eigenvalue weighted by Crippen LogP contribution is 2.29. The average Bonchev–Trinajstić information content (AvgIpc) is 2.77. The van der Waals surface area contributed by atoms with Crippen LogP contribution in [0.25, 0.3) is 0 Å². The Kier molecular flexibility index (Phi) is 7.45. The molecule has 0 aromatic heterocycles. The average molecular weight is 400 g/mol. The van der Waals surface area contributed by atoms with E-state index in [1.54, 1.807) is 12.3 Å². The number of aryl methyl sites for hydroxylation is 1. The monoisotopic (exact) mass is 400 g/mol. The number of benzene rings is 3. The van der Waals surface area contributed by atoms with Gasteiger partial charge in [-0.2, -0.15) is 5.26 Å². The summed E-state index contributed by atoms with van der Waals surface area (Å²) in [6.07, 6.45) is 1.61. The summed E-state index contributed by atoms with van der Waals surface area (Å²) in [5, 5.41) is 13.1. The molecule has 152 valence electrons. The molecule has 0 spiro atoms. The lowest BCUT2D eigenvalue weighted by molar-refractivity contribution is 0.132. The summed E-state index contributed by atoms with van der Waals surface area (Å²) >= 11 is 0. The molecule has 0 bridgehead atoms. The largest absolute Gasteiger partial charge is 0.490 e. The summed E-state index contributed by atoms with van der Waals surface area (Å²) in [6, 6.07) is 23.3. The van der Waals surface area contributed by atoms with Crippen molar-refractivity contribution in [3.8, 4) is 17.6 Å². The first-order valence-corrected chi connectivity index (χ1v) is 9.78. The SMILES string of the molecule is CCOc1cc(/C=N\OCc2ccccc2C#N)ccc1OCc1ccc(C)cc1. The van der Waals surface area contributed by atoms with Crippen molar-refractivity contribution in [1.29, 1.82) is 5.26 Å². The molecule has 0 aliphatic carbocycles. The minimum atomic E-state index is 0.232. The van der Waals surface area contributed by atoms with Crippen LogP contribution in [0.1, 0.15) is 34.7 Å². The molecular formula is C25H24N2O3. The Morgan fingerprint density at radius 3 is 2.50 bits per heavy atom. The predicted molar refractivity (Wildman–Crippen MR) is 117 cm³/mol. The van der Waals surface area contributed by atoms with Crippen molar-refractivity contribution in [3.05, 3.63) is 94.5 Å². The molecule has 3 aromatic rings. The molecule has 0 saturated carbocycles. The highest BCUT2D eigenvalue weighted by Gasteiger charge is 2.07. The van der Waals surface area contributed by atoms with Crippen molar-refractivity contribution in [3.63, 3.8) is 0 Å². The number of hydrogen-bond acceptors (Lipinski definition) is 5. The summed E-state index contributed by atoms with van der Waals surface area (Å²) in [5.74, 6) is 1.34. The molecule has 0 aliphatic rings. The van der Waals surface area contributed by atoms with E-state index in [1.165, 1.54) is 5.56 Å². The molecule has 0 heterocycles. The van der Waals surface area contributed by atoms with Crippen molar-refractivity contribution in [2.45, 2.75) is 27.1 Å². The normalized spacial score (nSPS) is 10.6. The molecule has 0 N–H and O–H groups in total. The zero-order chi connectivity index (χ0) is 21.2. The lowest BCUT2D eigenvalue weighted by Gasteiger charge is -2.12. The first-order chi connectivity index (χ1) is 14.7. The van der Waals surface area contributed by atoms with E-state index in [0.29, 0.717) is 30.3 Å². The van der Waals surface area contributed by atoms with Gasteiger partial charge in [-0.1, -0.05) is 53.2 Å². The summed E-state index contributed by atoms with van der Waals surface area (Å²) < 4.78 is 11.7. The van der Waals surface area contributed by atoms with E-state index in [2.05, 4.69) is 42.4 Å². The smallest absolute Gasteiger partial charge is 0.161 e. The van der Waals surface area contributed by atoms with Crippen LogP contribution in [-0.2, 0) is 18.1 Å². The van der Waals surface area contributed by atoms with Gasteiger partial charge in [0.25, 0.3) is 0 Å². The van der Waals surface area contributed by atoms with E-state index in [4.69, 9.17) is 19.6 Å². The molecule has 0 unspecified atom stereocenters. The number of ether oxygens (including phenoxy) is 2. The number of oxime groups is 1. The Bertz CT molecular complexity index is 1040. The van der Waals surface area contributed by atoms with Gasteiger partial charge in [0.05, 0.1) is 24.5 Å². The first-order valence-electron chi connectivity index (χ1n) is 9.78. The summed E-state index contributed by atoms with van der Waals surface area (Å²) in [7, 11) is 0. The van der Waals surface area contributed by atoms with Crippen LogP contribution in [-0.4, -0.2) is 12.8 Å². The molecule has 0 atom stereocenters. The third-order valence-corrected chi connectivity index (χ3v) is 4.42. The van der Waals surface area contributed by atoms with Gasteiger partial charge in [0, 0.05) is 11.1 Å². The van der Waals surface area contributed by atoms with Crippen molar-refractivity contribution >= 4 is 6.21 Å². The molecule has 0 amide bonds.